The molecule has 0 saturated heterocycles. The maximum absolute atomic E-state index is 12.3. The van der Waals surface area contributed by atoms with Crippen molar-refractivity contribution in [3.8, 4) is 0 Å². The maximum Gasteiger partial charge on any atom is 0.261 e. The van der Waals surface area contributed by atoms with Gasteiger partial charge in [-0.3, -0.25) is 14.5 Å². The molecule has 0 aromatic heterocycles. The minimum absolute atomic E-state index is 0.226. The molecule has 0 N–H and O–H groups in total. The van der Waals surface area contributed by atoms with Crippen molar-refractivity contribution in [1.29, 1.82) is 0 Å². The molecule has 2 aromatic carbocycles. The predicted molar refractivity (Wildman–Crippen MR) is 87.5 cm³/mol. The van der Waals surface area contributed by atoms with E-state index >= 15 is 0 Å². The first-order valence-electron chi connectivity index (χ1n) is 5.97. The molecule has 0 fully saturated rings. The van der Waals surface area contributed by atoms with Crippen LogP contribution in [0.2, 0.25) is 0 Å². The average Bonchev–Trinajstić information content (AvgIpc) is 2.67. The van der Waals surface area contributed by atoms with Crippen LogP contribution < -0.4 is 0 Å². The normalized spacial score (nSPS) is 13.8. The summed E-state index contributed by atoms with van der Waals surface area (Å²) in [7, 11) is 0. The SMILES string of the molecule is O=C1c2ccccc2C(=O)N1Cc1ccc(I)cc1Br. The van der Waals surface area contributed by atoms with E-state index in [1.807, 2.05) is 18.2 Å². The predicted octanol–water partition coefficient (Wildman–Crippen LogP) is 3.85. The van der Waals surface area contributed by atoms with E-state index < -0.39 is 0 Å². The molecule has 0 spiro atoms. The van der Waals surface area contributed by atoms with Gasteiger partial charge in [-0.2, -0.15) is 0 Å². The monoisotopic (exact) mass is 441 g/mol. The van der Waals surface area contributed by atoms with E-state index in [0.717, 1.165) is 13.6 Å². The molecule has 5 heteroatoms. The van der Waals surface area contributed by atoms with Crippen molar-refractivity contribution in [3.63, 3.8) is 0 Å². The third-order valence-electron chi connectivity index (χ3n) is 3.22. The Bertz CT molecular complexity index is 695. The van der Waals surface area contributed by atoms with E-state index in [-0.39, 0.29) is 18.4 Å². The highest BCUT2D eigenvalue weighted by molar-refractivity contribution is 14.1. The Balaban J connectivity index is 1.94. The highest BCUT2D eigenvalue weighted by atomic mass is 127. The number of carbonyl (C=O) groups is 2. The third kappa shape index (κ3) is 2.29. The second kappa shape index (κ2) is 5.29. The molecule has 0 aliphatic carbocycles. The number of hydrogen-bond donors (Lipinski definition) is 0. The molecule has 0 bridgehead atoms. The number of rotatable bonds is 2. The minimum Gasteiger partial charge on any atom is -0.270 e. The van der Waals surface area contributed by atoms with Crippen molar-refractivity contribution < 1.29 is 9.59 Å². The first kappa shape index (κ1) is 13.8. The molecule has 3 nitrogen and oxygen atoms in total. The van der Waals surface area contributed by atoms with Crippen LogP contribution in [-0.2, 0) is 6.54 Å². The molecule has 0 atom stereocenters. The zero-order valence-corrected chi connectivity index (χ0v) is 14.0. The summed E-state index contributed by atoms with van der Waals surface area (Å²) in [6, 6.07) is 12.8. The van der Waals surface area contributed by atoms with Crippen LogP contribution in [-0.4, -0.2) is 16.7 Å². The maximum atomic E-state index is 12.3. The van der Waals surface area contributed by atoms with Gasteiger partial charge < -0.3 is 0 Å². The van der Waals surface area contributed by atoms with Crippen LogP contribution in [0.3, 0.4) is 0 Å². The lowest BCUT2D eigenvalue weighted by Crippen LogP contribution is -2.29. The number of benzene rings is 2. The van der Waals surface area contributed by atoms with Crippen LogP contribution in [0.15, 0.2) is 46.9 Å². The molecule has 2 amide bonds. The van der Waals surface area contributed by atoms with Gasteiger partial charge in [0.2, 0.25) is 0 Å². The fraction of sp³-hybridized carbons (Fsp3) is 0.0667. The van der Waals surface area contributed by atoms with Gasteiger partial charge in [0.05, 0.1) is 17.7 Å². The summed E-state index contributed by atoms with van der Waals surface area (Å²) in [6.07, 6.45) is 0. The molecular weight excluding hydrogens is 433 g/mol. The number of carbonyl (C=O) groups excluding carboxylic acids is 2. The lowest BCUT2D eigenvalue weighted by molar-refractivity contribution is 0.0642. The molecule has 2 aromatic rings. The Hall–Kier alpha value is -1.21. The van der Waals surface area contributed by atoms with Gasteiger partial charge in [-0.25, -0.2) is 0 Å². The molecule has 100 valence electrons. The summed E-state index contributed by atoms with van der Waals surface area (Å²) in [6.45, 7) is 0.282. The number of amides is 2. The fourth-order valence-electron chi connectivity index (χ4n) is 2.20. The Morgan fingerprint density at radius 1 is 1.00 bits per heavy atom. The second-order valence-corrected chi connectivity index (χ2v) is 6.58. The lowest BCUT2D eigenvalue weighted by Gasteiger charge is -2.15. The Labute approximate surface area is 138 Å². The Kier molecular flexibility index (Phi) is 3.64. The summed E-state index contributed by atoms with van der Waals surface area (Å²) >= 11 is 5.69. The van der Waals surface area contributed by atoms with Crippen molar-refractivity contribution in [2.75, 3.05) is 0 Å². The average molecular weight is 442 g/mol. The summed E-state index contributed by atoms with van der Waals surface area (Å²) in [5, 5.41) is 0. The molecule has 20 heavy (non-hydrogen) atoms. The Morgan fingerprint density at radius 2 is 1.60 bits per heavy atom. The van der Waals surface area contributed by atoms with Crippen molar-refractivity contribution in [2.24, 2.45) is 0 Å². The smallest absolute Gasteiger partial charge is 0.261 e. The third-order valence-corrected chi connectivity index (χ3v) is 4.63. The van der Waals surface area contributed by atoms with E-state index in [2.05, 4.69) is 38.5 Å². The fourth-order valence-corrected chi connectivity index (χ4v) is 3.63. The highest BCUT2D eigenvalue weighted by Gasteiger charge is 2.35. The molecular formula is C15H9BrINO2. The van der Waals surface area contributed by atoms with Crippen molar-refractivity contribution >= 4 is 50.3 Å². The molecule has 1 heterocycles. The van der Waals surface area contributed by atoms with Crippen LogP contribution in [0.1, 0.15) is 26.3 Å². The molecule has 0 saturated carbocycles. The second-order valence-electron chi connectivity index (χ2n) is 4.48. The zero-order valence-electron chi connectivity index (χ0n) is 10.3. The van der Waals surface area contributed by atoms with Crippen LogP contribution >= 0.6 is 38.5 Å². The summed E-state index contributed by atoms with van der Waals surface area (Å²) in [5.74, 6) is -0.452. The van der Waals surface area contributed by atoms with Gasteiger partial charge in [-0.1, -0.05) is 34.1 Å². The number of imide groups is 1. The van der Waals surface area contributed by atoms with Gasteiger partial charge >= 0.3 is 0 Å². The van der Waals surface area contributed by atoms with Gasteiger partial charge in [0.1, 0.15) is 0 Å². The zero-order chi connectivity index (χ0) is 14.3. The lowest BCUT2D eigenvalue weighted by atomic mass is 10.1. The van der Waals surface area contributed by atoms with Crippen LogP contribution in [0.5, 0.6) is 0 Å². The van der Waals surface area contributed by atoms with Crippen molar-refractivity contribution in [2.45, 2.75) is 6.54 Å². The van der Waals surface area contributed by atoms with Crippen LogP contribution in [0.4, 0.5) is 0 Å². The Morgan fingerprint density at radius 3 is 2.15 bits per heavy atom. The topological polar surface area (TPSA) is 37.4 Å². The summed E-state index contributed by atoms with van der Waals surface area (Å²) < 4.78 is 2.00. The van der Waals surface area contributed by atoms with E-state index in [4.69, 9.17) is 0 Å². The minimum atomic E-state index is -0.226. The number of nitrogens with zero attached hydrogens (tertiary/aromatic N) is 1. The van der Waals surface area contributed by atoms with Gasteiger partial charge in [0, 0.05) is 8.04 Å². The largest absolute Gasteiger partial charge is 0.270 e. The van der Waals surface area contributed by atoms with E-state index in [1.165, 1.54) is 4.90 Å². The van der Waals surface area contributed by atoms with Crippen molar-refractivity contribution in [1.82, 2.24) is 4.90 Å². The van der Waals surface area contributed by atoms with Gasteiger partial charge in [0.15, 0.2) is 0 Å². The molecule has 0 unspecified atom stereocenters. The molecule has 1 aliphatic heterocycles. The van der Waals surface area contributed by atoms with E-state index in [0.29, 0.717) is 11.1 Å². The van der Waals surface area contributed by atoms with Gasteiger partial charge in [-0.05, 0) is 52.4 Å². The highest BCUT2D eigenvalue weighted by Crippen LogP contribution is 2.27. The molecule has 1 aliphatic rings. The number of hydrogen-bond acceptors (Lipinski definition) is 2. The van der Waals surface area contributed by atoms with Crippen LogP contribution in [0.25, 0.3) is 0 Å². The standard InChI is InChI=1S/C15H9BrINO2/c16-13-7-10(17)6-5-9(13)8-18-14(19)11-3-1-2-4-12(11)15(18)20/h1-7H,8H2. The molecule has 3 rings (SSSR count). The van der Waals surface area contributed by atoms with Gasteiger partial charge in [-0.15, -0.1) is 0 Å². The quantitative estimate of drug-likeness (QED) is 0.524. The first-order valence-corrected chi connectivity index (χ1v) is 7.84. The summed E-state index contributed by atoms with van der Waals surface area (Å²) in [4.78, 5) is 25.8. The molecule has 0 radical (unpaired) electrons. The van der Waals surface area contributed by atoms with E-state index in [1.54, 1.807) is 24.3 Å². The summed E-state index contributed by atoms with van der Waals surface area (Å²) in [5.41, 5.74) is 1.89. The van der Waals surface area contributed by atoms with Gasteiger partial charge in [0.25, 0.3) is 11.8 Å². The number of halogens is 2. The number of fused-ring (bicyclic) bond motifs is 1. The first-order chi connectivity index (χ1) is 9.58. The van der Waals surface area contributed by atoms with Crippen molar-refractivity contribution in [3.05, 3.63) is 67.2 Å². The van der Waals surface area contributed by atoms with Crippen LogP contribution in [0, 0.1) is 3.57 Å². The van der Waals surface area contributed by atoms with E-state index in [9.17, 15) is 9.59 Å².